The van der Waals surface area contributed by atoms with Crippen molar-refractivity contribution in [2.75, 3.05) is 6.61 Å². The fourth-order valence-electron chi connectivity index (χ4n) is 4.01. The van der Waals surface area contributed by atoms with Gasteiger partial charge in [-0.1, -0.05) is 41.5 Å². The number of aromatic nitrogens is 4. The third-order valence-electron chi connectivity index (χ3n) is 8.47. The Morgan fingerprint density at radius 3 is 2.30 bits per heavy atom. The molecule has 3 rings (SSSR count). The van der Waals surface area contributed by atoms with Crippen molar-refractivity contribution in [3.8, 4) is 0 Å². The van der Waals surface area contributed by atoms with Gasteiger partial charge in [0.05, 0.1) is 12.9 Å². The third kappa shape index (κ3) is 5.69. The molecular formula is C25H45N5O5Si2. The number of aromatic amines is 1. The van der Waals surface area contributed by atoms with E-state index in [1.165, 1.54) is 19.6 Å². The first-order valence-corrected chi connectivity index (χ1v) is 18.7. The van der Waals surface area contributed by atoms with Crippen molar-refractivity contribution in [3.05, 3.63) is 18.1 Å². The highest BCUT2D eigenvalue weighted by molar-refractivity contribution is 6.74. The summed E-state index contributed by atoms with van der Waals surface area (Å²) in [7, 11) is -4.65. The standard InChI is InChI=1S/C25H45N5O5Si2/c1-16(31)12-25(32)17(13-33-36(8,9)23(2,3)4)34-22(19(25)35-37(10,11)24(5,6)7)30-15-29-21-18(20(30)26)27-14-28-21/h14-15,17,19,22,26,32H,12-13H2,1-11H3,(H,27,28)/t17-,19+,22-,25+/m1/s1. The molecule has 2 aromatic rings. The first-order valence-electron chi connectivity index (χ1n) is 12.9. The molecule has 0 unspecified atom stereocenters. The third-order valence-corrected chi connectivity index (χ3v) is 17.4. The van der Waals surface area contributed by atoms with Gasteiger partial charge in [-0.05, 0) is 43.2 Å². The molecule has 0 saturated carbocycles. The van der Waals surface area contributed by atoms with Crippen LogP contribution in [0.15, 0.2) is 12.7 Å². The second kappa shape index (κ2) is 9.80. The molecule has 12 heteroatoms. The zero-order valence-corrected chi connectivity index (χ0v) is 26.2. The Bertz CT molecular complexity index is 1200. The number of fused-ring (bicyclic) bond motifs is 1. The minimum atomic E-state index is -2.46. The van der Waals surface area contributed by atoms with Crippen molar-refractivity contribution in [2.45, 2.75) is 115 Å². The quantitative estimate of drug-likeness (QED) is 0.417. The maximum atomic E-state index is 12.5. The van der Waals surface area contributed by atoms with Gasteiger partial charge in [0, 0.05) is 6.42 Å². The lowest BCUT2D eigenvalue weighted by atomic mass is 9.87. The molecule has 37 heavy (non-hydrogen) atoms. The van der Waals surface area contributed by atoms with Crippen LogP contribution in [0.4, 0.5) is 0 Å². The maximum Gasteiger partial charge on any atom is 0.192 e. The number of hydrogen-bond donors (Lipinski definition) is 3. The van der Waals surface area contributed by atoms with E-state index in [1.807, 2.05) is 0 Å². The van der Waals surface area contributed by atoms with Gasteiger partial charge in [0.25, 0.3) is 0 Å². The minimum Gasteiger partial charge on any atom is -0.414 e. The molecule has 0 amide bonds. The molecule has 208 valence electrons. The van der Waals surface area contributed by atoms with Crippen molar-refractivity contribution in [1.82, 2.24) is 19.5 Å². The van der Waals surface area contributed by atoms with Gasteiger partial charge in [-0.3, -0.25) is 14.8 Å². The van der Waals surface area contributed by atoms with Crippen molar-refractivity contribution in [3.63, 3.8) is 0 Å². The van der Waals surface area contributed by atoms with Crippen LogP contribution in [0.3, 0.4) is 0 Å². The number of rotatable bonds is 8. The number of nitrogens with zero attached hydrogens (tertiary/aromatic N) is 3. The van der Waals surface area contributed by atoms with E-state index in [0.717, 1.165) is 0 Å². The van der Waals surface area contributed by atoms with E-state index >= 15 is 0 Å². The zero-order valence-electron chi connectivity index (χ0n) is 24.2. The summed E-state index contributed by atoms with van der Waals surface area (Å²) in [6, 6.07) is 0. The highest BCUT2D eigenvalue weighted by Crippen LogP contribution is 2.47. The molecule has 3 heterocycles. The summed E-state index contributed by atoms with van der Waals surface area (Å²) >= 11 is 0. The van der Waals surface area contributed by atoms with Crippen LogP contribution in [0.5, 0.6) is 0 Å². The molecule has 0 spiro atoms. The Labute approximate surface area is 221 Å². The molecule has 0 bridgehead atoms. The second-order valence-corrected chi connectivity index (χ2v) is 22.9. The van der Waals surface area contributed by atoms with E-state index in [-0.39, 0.29) is 34.4 Å². The fourth-order valence-corrected chi connectivity index (χ4v) is 6.32. The molecule has 1 aliphatic heterocycles. The molecule has 1 saturated heterocycles. The Morgan fingerprint density at radius 2 is 1.76 bits per heavy atom. The summed E-state index contributed by atoms with van der Waals surface area (Å²) in [5, 5.41) is 20.9. The van der Waals surface area contributed by atoms with Gasteiger partial charge in [-0.15, -0.1) is 0 Å². The van der Waals surface area contributed by atoms with Gasteiger partial charge in [0.15, 0.2) is 34.0 Å². The van der Waals surface area contributed by atoms with Gasteiger partial charge in [0.2, 0.25) is 0 Å². The van der Waals surface area contributed by atoms with Crippen LogP contribution in [-0.2, 0) is 18.4 Å². The van der Waals surface area contributed by atoms with Crippen molar-refractivity contribution >= 4 is 33.6 Å². The molecule has 1 fully saturated rings. The first-order chi connectivity index (χ1) is 16.7. The Kier molecular flexibility index (Phi) is 7.90. The summed E-state index contributed by atoms with van der Waals surface area (Å²) < 4.78 is 21.4. The van der Waals surface area contributed by atoms with E-state index in [4.69, 9.17) is 19.0 Å². The number of carbonyl (C=O) groups is 1. The summed E-state index contributed by atoms with van der Waals surface area (Å²) in [5.41, 5.74) is -0.685. The molecular weight excluding hydrogens is 506 g/mol. The molecule has 1 aliphatic rings. The van der Waals surface area contributed by atoms with Crippen LogP contribution in [0.1, 0.15) is 61.1 Å². The molecule has 10 nitrogen and oxygen atoms in total. The summed E-state index contributed by atoms with van der Waals surface area (Å²) in [5.74, 6) is -0.175. The predicted octanol–water partition coefficient (Wildman–Crippen LogP) is 4.26. The number of nitrogens with one attached hydrogen (secondary N) is 2. The molecule has 2 aromatic heterocycles. The van der Waals surface area contributed by atoms with Gasteiger partial charge in [0.1, 0.15) is 35.4 Å². The van der Waals surface area contributed by atoms with Crippen LogP contribution in [0.2, 0.25) is 36.3 Å². The number of hydrogen-bond acceptors (Lipinski definition) is 8. The van der Waals surface area contributed by atoms with Crippen LogP contribution in [0.25, 0.3) is 11.2 Å². The zero-order chi connectivity index (χ0) is 28.2. The monoisotopic (exact) mass is 551 g/mol. The van der Waals surface area contributed by atoms with E-state index in [9.17, 15) is 9.90 Å². The number of ketones is 1. The number of H-pyrrole nitrogens is 1. The number of carbonyl (C=O) groups excluding carboxylic acids is 1. The predicted molar refractivity (Wildman–Crippen MR) is 147 cm³/mol. The summed E-state index contributed by atoms with van der Waals surface area (Å²) in [6.45, 7) is 22.8. The van der Waals surface area contributed by atoms with E-state index < -0.39 is 40.7 Å². The Balaban J connectivity index is 2.13. The minimum absolute atomic E-state index is 0.0423. The average Bonchev–Trinajstić information content (AvgIpc) is 3.29. The average molecular weight is 552 g/mol. The largest absolute Gasteiger partial charge is 0.414 e. The summed E-state index contributed by atoms with van der Waals surface area (Å²) in [6.07, 6.45) is 0.183. The topological polar surface area (TPSA) is 135 Å². The normalized spacial score (nSPS) is 25.7. The van der Waals surface area contributed by atoms with Crippen molar-refractivity contribution in [1.29, 1.82) is 5.41 Å². The number of aliphatic hydroxyl groups is 1. The highest BCUT2D eigenvalue weighted by Gasteiger charge is 2.60. The molecule has 0 aliphatic carbocycles. The number of Topliss-reactive ketones (excluding diaryl/α,β-unsaturated/α-hetero) is 1. The maximum absolute atomic E-state index is 12.5. The first kappa shape index (κ1) is 29.8. The van der Waals surface area contributed by atoms with Gasteiger partial charge >= 0.3 is 0 Å². The van der Waals surface area contributed by atoms with Crippen LogP contribution in [0, 0.1) is 5.41 Å². The van der Waals surface area contributed by atoms with Crippen LogP contribution in [-0.4, -0.2) is 71.5 Å². The van der Waals surface area contributed by atoms with Crippen LogP contribution >= 0.6 is 0 Å². The number of imidazole rings is 1. The van der Waals surface area contributed by atoms with Crippen molar-refractivity contribution in [2.24, 2.45) is 0 Å². The van der Waals surface area contributed by atoms with E-state index in [2.05, 4.69) is 82.7 Å². The fraction of sp³-hybridized carbons (Fsp3) is 0.760. The Hall–Kier alpha value is -1.71. The lowest BCUT2D eigenvalue weighted by Gasteiger charge is -2.43. The van der Waals surface area contributed by atoms with Gasteiger partial charge < -0.3 is 23.7 Å². The molecule has 0 radical (unpaired) electrons. The second-order valence-electron chi connectivity index (χ2n) is 13.4. The lowest BCUT2D eigenvalue weighted by Crippen LogP contribution is -2.57. The van der Waals surface area contributed by atoms with E-state index in [0.29, 0.717) is 11.2 Å². The van der Waals surface area contributed by atoms with Gasteiger partial charge in [-0.25, -0.2) is 9.97 Å². The molecule has 4 atom stereocenters. The van der Waals surface area contributed by atoms with E-state index in [1.54, 1.807) is 4.57 Å². The SMILES string of the molecule is CC(=O)C[C@]1(O)[C@@H](CO[Si](C)(C)C(C)(C)C)O[C@@H](n2cnc3nc[nH]c3c2=N)[C@@H]1O[Si](C)(C)C(C)(C)C. The summed E-state index contributed by atoms with van der Waals surface area (Å²) in [4.78, 5) is 24.0. The lowest BCUT2D eigenvalue weighted by molar-refractivity contribution is -0.132. The van der Waals surface area contributed by atoms with Gasteiger partial charge in [-0.2, -0.15) is 0 Å². The number of ether oxygens (including phenoxy) is 1. The van der Waals surface area contributed by atoms with Crippen LogP contribution < -0.4 is 5.49 Å². The molecule has 3 N–H and O–H groups in total. The smallest absolute Gasteiger partial charge is 0.192 e. The Morgan fingerprint density at radius 1 is 1.16 bits per heavy atom. The van der Waals surface area contributed by atoms with Crippen molar-refractivity contribution < 1.29 is 23.5 Å². The molecule has 0 aromatic carbocycles. The highest BCUT2D eigenvalue weighted by atomic mass is 28.4.